The topological polar surface area (TPSA) is 30.5 Å². The Kier molecular flexibility index (Phi) is 4.20. The summed E-state index contributed by atoms with van der Waals surface area (Å²) >= 11 is 0. The van der Waals surface area contributed by atoms with E-state index in [1.807, 2.05) is 0 Å². The second-order valence-corrected chi connectivity index (χ2v) is 6.41. The van der Waals surface area contributed by atoms with Gasteiger partial charge in [0.2, 0.25) is 0 Å². The molecule has 18 heavy (non-hydrogen) atoms. The molecule has 2 heterocycles. The van der Waals surface area contributed by atoms with Crippen LogP contribution in [0.15, 0.2) is 11.5 Å². The molecular weight excluding hydrogens is 225 g/mol. The smallest absolute Gasteiger partial charge is 0.400 e. The van der Waals surface area contributed by atoms with E-state index in [1.54, 1.807) is 0 Å². The third kappa shape index (κ3) is 3.17. The summed E-state index contributed by atoms with van der Waals surface area (Å²) in [6.07, 6.45) is 4.75. The standard InChI is InChI=1S/C14H26BNO2/c1-13(2)14(3,4)18-15(17-13)11-12-7-5-9-16-10-6-8-12/h11,16H,5-10H2,1-4H3. The van der Waals surface area contributed by atoms with Crippen molar-refractivity contribution in [2.24, 2.45) is 0 Å². The molecule has 2 fully saturated rings. The summed E-state index contributed by atoms with van der Waals surface area (Å²) < 4.78 is 12.0. The van der Waals surface area contributed by atoms with Gasteiger partial charge in [-0.15, -0.1) is 0 Å². The number of rotatable bonds is 1. The number of hydrogen-bond donors (Lipinski definition) is 1. The minimum absolute atomic E-state index is 0.169. The van der Waals surface area contributed by atoms with Crippen LogP contribution >= 0.6 is 0 Å². The fraction of sp³-hybridized carbons (Fsp3) is 0.857. The van der Waals surface area contributed by atoms with Crippen molar-refractivity contribution in [1.29, 1.82) is 0 Å². The SMILES string of the molecule is CC1(C)OB(C=C2CCCNCCC2)OC1(C)C. The van der Waals surface area contributed by atoms with E-state index in [4.69, 9.17) is 9.31 Å². The number of allylic oxidation sites excluding steroid dienone is 1. The van der Waals surface area contributed by atoms with E-state index in [1.165, 1.54) is 18.4 Å². The van der Waals surface area contributed by atoms with Crippen LogP contribution in [0, 0.1) is 0 Å². The van der Waals surface area contributed by atoms with Crippen LogP contribution in [0.25, 0.3) is 0 Å². The molecule has 0 saturated carbocycles. The molecule has 102 valence electrons. The van der Waals surface area contributed by atoms with Crippen molar-refractivity contribution in [2.45, 2.75) is 64.6 Å². The highest BCUT2D eigenvalue weighted by Gasteiger charge is 2.50. The van der Waals surface area contributed by atoms with Crippen molar-refractivity contribution in [3.05, 3.63) is 11.5 Å². The summed E-state index contributed by atoms with van der Waals surface area (Å²) in [7, 11) is -0.169. The van der Waals surface area contributed by atoms with Crippen molar-refractivity contribution in [1.82, 2.24) is 5.32 Å². The Bertz CT molecular complexity index is 300. The number of nitrogens with one attached hydrogen (secondary N) is 1. The Labute approximate surface area is 111 Å². The molecule has 2 saturated heterocycles. The fourth-order valence-corrected chi connectivity index (χ4v) is 2.45. The largest absolute Gasteiger partial charge is 0.487 e. The molecule has 2 rings (SSSR count). The molecule has 0 atom stereocenters. The van der Waals surface area contributed by atoms with Crippen LogP contribution in [0.5, 0.6) is 0 Å². The van der Waals surface area contributed by atoms with Gasteiger partial charge in [-0.3, -0.25) is 0 Å². The molecule has 2 aliphatic rings. The predicted molar refractivity (Wildman–Crippen MR) is 75.5 cm³/mol. The van der Waals surface area contributed by atoms with Crippen molar-refractivity contribution in [3.63, 3.8) is 0 Å². The molecule has 2 aliphatic heterocycles. The van der Waals surface area contributed by atoms with Crippen LogP contribution in [0.3, 0.4) is 0 Å². The maximum Gasteiger partial charge on any atom is 0.487 e. The average molecular weight is 251 g/mol. The van der Waals surface area contributed by atoms with E-state index in [2.05, 4.69) is 39.0 Å². The van der Waals surface area contributed by atoms with E-state index in [-0.39, 0.29) is 18.3 Å². The Morgan fingerprint density at radius 3 is 2.00 bits per heavy atom. The zero-order chi connectivity index (χ0) is 13.2. The highest BCUT2D eigenvalue weighted by molar-refractivity contribution is 6.51. The first-order valence-electron chi connectivity index (χ1n) is 7.17. The van der Waals surface area contributed by atoms with E-state index in [0.717, 1.165) is 25.9 Å². The summed E-state index contributed by atoms with van der Waals surface area (Å²) in [6, 6.07) is 0. The summed E-state index contributed by atoms with van der Waals surface area (Å²) in [4.78, 5) is 0. The van der Waals surface area contributed by atoms with Crippen molar-refractivity contribution in [2.75, 3.05) is 13.1 Å². The van der Waals surface area contributed by atoms with Gasteiger partial charge >= 0.3 is 7.12 Å². The van der Waals surface area contributed by atoms with Crippen LogP contribution in [-0.2, 0) is 9.31 Å². The summed E-state index contributed by atoms with van der Waals surface area (Å²) in [5, 5.41) is 3.44. The van der Waals surface area contributed by atoms with E-state index in [0.29, 0.717) is 0 Å². The van der Waals surface area contributed by atoms with Crippen LogP contribution in [0.4, 0.5) is 0 Å². The first-order chi connectivity index (χ1) is 8.41. The summed E-state index contributed by atoms with van der Waals surface area (Å²) in [6.45, 7) is 10.7. The summed E-state index contributed by atoms with van der Waals surface area (Å²) in [5.74, 6) is 2.21. The Hall–Kier alpha value is -0.315. The average Bonchev–Trinajstić information content (AvgIpc) is 2.39. The molecule has 0 radical (unpaired) electrons. The zero-order valence-electron chi connectivity index (χ0n) is 12.2. The molecular formula is C14H26BNO2. The maximum absolute atomic E-state index is 6.02. The van der Waals surface area contributed by atoms with Gasteiger partial charge in [0.25, 0.3) is 0 Å². The van der Waals surface area contributed by atoms with Crippen LogP contribution in [-0.4, -0.2) is 31.4 Å². The van der Waals surface area contributed by atoms with Crippen LogP contribution in [0.1, 0.15) is 53.4 Å². The molecule has 0 amide bonds. The lowest BCUT2D eigenvalue weighted by molar-refractivity contribution is 0.00578. The van der Waals surface area contributed by atoms with Gasteiger partial charge in [0, 0.05) is 0 Å². The van der Waals surface area contributed by atoms with Gasteiger partial charge in [0.05, 0.1) is 11.2 Å². The second-order valence-electron chi connectivity index (χ2n) is 6.41. The Morgan fingerprint density at radius 1 is 1.00 bits per heavy atom. The molecule has 3 nitrogen and oxygen atoms in total. The third-order valence-electron chi connectivity index (χ3n) is 4.35. The molecule has 0 unspecified atom stereocenters. The summed E-state index contributed by atoms with van der Waals surface area (Å²) in [5.41, 5.74) is 1.05. The van der Waals surface area contributed by atoms with Crippen molar-refractivity contribution >= 4 is 7.12 Å². The molecule has 0 aliphatic carbocycles. The molecule has 0 bridgehead atoms. The molecule has 0 aromatic heterocycles. The quantitative estimate of drug-likeness (QED) is 0.727. The molecule has 0 aromatic rings. The normalized spacial score (nSPS) is 27.8. The van der Waals surface area contributed by atoms with Gasteiger partial charge in [-0.25, -0.2) is 0 Å². The lowest BCUT2D eigenvalue weighted by Crippen LogP contribution is -2.41. The molecule has 4 heteroatoms. The minimum Gasteiger partial charge on any atom is -0.400 e. The predicted octanol–water partition coefficient (Wildman–Crippen LogP) is 2.71. The van der Waals surface area contributed by atoms with E-state index >= 15 is 0 Å². The third-order valence-corrected chi connectivity index (χ3v) is 4.35. The van der Waals surface area contributed by atoms with Gasteiger partial charge in [0.1, 0.15) is 0 Å². The maximum atomic E-state index is 6.02. The monoisotopic (exact) mass is 251 g/mol. The Balaban J connectivity index is 2.00. The van der Waals surface area contributed by atoms with Crippen molar-refractivity contribution < 1.29 is 9.31 Å². The lowest BCUT2D eigenvalue weighted by atomic mass is 9.84. The molecule has 0 aromatic carbocycles. The van der Waals surface area contributed by atoms with Gasteiger partial charge in [-0.1, -0.05) is 11.5 Å². The zero-order valence-corrected chi connectivity index (χ0v) is 12.2. The van der Waals surface area contributed by atoms with Gasteiger partial charge in [0.15, 0.2) is 0 Å². The van der Waals surface area contributed by atoms with E-state index < -0.39 is 0 Å². The number of hydrogen-bond acceptors (Lipinski definition) is 3. The van der Waals surface area contributed by atoms with Gasteiger partial charge < -0.3 is 14.6 Å². The van der Waals surface area contributed by atoms with Crippen molar-refractivity contribution in [3.8, 4) is 0 Å². The van der Waals surface area contributed by atoms with Crippen LogP contribution < -0.4 is 5.32 Å². The van der Waals surface area contributed by atoms with Gasteiger partial charge in [-0.05, 0) is 66.5 Å². The van der Waals surface area contributed by atoms with Gasteiger partial charge in [-0.2, -0.15) is 0 Å². The fourth-order valence-electron chi connectivity index (χ4n) is 2.45. The highest BCUT2D eigenvalue weighted by atomic mass is 16.7. The lowest BCUT2D eigenvalue weighted by Gasteiger charge is -2.32. The first-order valence-corrected chi connectivity index (χ1v) is 7.17. The first kappa shape index (κ1) is 14.1. The molecule has 1 N–H and O–H groups in total. The van der Waals surface area contributed by atoms with Crippen LogP contribution in [0.2, 0.25) is 0 Å². The second kappa shape index (κ2) is 5.36. The highest BCUT2D eigenvalue weighted by Crippen LogP contribution is 2.37. The molecule has 0 spiro atoms. The minimum atomic E-state index is -0.224. The van der Waals surface area contributed by atoms with E-state index in [9.17, 15) is 0 Å². The Morgan fingerprint density at radius 2 is 1.50 bits per heavy atom.